The molecule has 2 aromatic rings. The molecule has 1 fully saturated rings. The lowest BCUT2D eigenvalue weighted by molar-refractivity contribution is 0.304. The van der Waals surface area contributed by atoms with Crippen molar-refractivity contribution in [2.75, 3.05) is 0 Å². The summed E-state index contributed by atoms with van der Waals surface area (Å²) in [6.45, 7) is 2.25. The smallest absolute Gasteiger partial charge is 0.141 e. The van der Waals surface area contributed by atoms with Crippen molar-refractivity contribution >= 4 is 0 Å². The van der Waals surface area contributed by atoms with Crippen molar-refractivity contribution in [3.05, 3.63) is 69.8 Å². The highest BCUT2D eigenvalue weighted by atomic mass is 19.1. The molecule has 0 aromatic heterocycles. The first-order valence-electron chi connectivity index (χ1n) is 11.6. The van der Waals surface area contributed by atoms with Gasteiger partial charge in [-0.2, -0.15) is 5.26 Å². The van der Waals surface area contributed by atoms with E-state index in [1.165, 1.54) is 51.0 Å². The SMILES string of the molecule is CCCCC1CCC(c2ccc(C3CCc4cc(C#N)c(F)cc4C3)c(F)c2)CC1. The second-order valence-electron chi connectivity index (χ2n) is 9.29. The largest absolute Gasteiger partial charge is 0.207 e. The topological polar surface area (TPSA) is 23.8 Å². The van der Waals surface area contributed by atoms with Crippen LogP contribution in [0.4, 0.5) is 8.78 Å². The lowest BCUT2D eigenvalue weighted by Crippen LogP contribution is -2.16. The van der Waals surface area contributed by atoms with Gasteiger partial charge in [-0.05, 0) is 103 Å². The zero-order valence-corrected chi connectivity index (χ0v) is 17.9. The molecule has 158 valence electrons. The first-order chi connectivity index (χ1) is 14.6. The normalized spacial score (nSPS) is 23.6. The number of nitriles is 1. The number of benzene rings is 2. The third kappa shape index (κ3) is 4.43. The van der Waals surface area contributed by atoms with Crippen molar-refractivity contribution < 1.29 is 8.78 Å². The van der Waals surface area contributed by atoms with Gasteiger partial charge in [0.25, 0.3) is 0 Å². The van der Waals surface area contributed by atoms with Gasteiger partial charge in [-0.15, -0.1) is 0 Å². The van der Waals surface area contributed by atoms with E-state index in [0.717, 1.165) is 41.0 Å². The van der Waals surface area contributed by atoms with Gasteiger partial charge in [0.2, 0.25) is 0 Å². The van der Waals surface area contributed by atoms with Crippen LogP contribution in [0.5, 0.6) is 0 Å². The molecule has 0 heterocycles. The summed E-state index contributed by atoms with van der Waals surface area (Å²) in [6.07, 6.45) is 11.0. The fourth-order valence-electron chi connectivity index (χ4n) is 5.54. The Balaban J connectivity index is 1.44. The number of hydrogen-bond donors (Lipinski definition) is 0. The van der Waals surface area contributed by atoms with Gasteiger partial charge in [0, 0.05) is 0 Å². The number of unbranched alkanes of at least 4 members (excludes halogenated alkanes) is 1. The molecule has 2 aliphatic rings. The van der Waals surface area contributed by atoms with E-state index >= 15 is 4.39 Å². The molecule has 0 aliphatic heterocycles. The van der Waals surface area contributed by atoms with Crippen molar-refractivity contribution in [1.29, 1.82) is 5.26 Å². The quantitative estimate of drug-likeness (QED) is 0.501. The fourth-order valence-corrected chi connectivity index (χ4v) is 5.54. The van der Waals surface area contributed by atoms with Crippen molar-refractivity contribution in [1.82, 2.24) is 0 Å². The number of aryl methyl sites for hydroxylation is 1. The predicted octanol–water partition coefficient (Wildman–Crippen LogP) is 7.57. The summed E-state index contributed by atoms with van der Waals surface area (Å²) < 4.78 is 29.1. The number of rotatable bonds is 5. The van der Waals surface area contributed by atoms with Crippen molar-refractivity contribution in [3.8, 4) is 6.07 Å². The standard InChI is InChI=1S/C27H31F2N/c1-2-3-4-18-5-7-19(8-6-18)21-11-12-25(27(29)15-21)22-10-9-20-13-24(17-30)26(28)16-23(20)14-22/h11-13,15-16,18-19,22H,2-10,14H2,1H3. The highest BCUT2D eigenvalue weighted by molar-refractivity contribution is 5.42. The Hall–Kier alpha value is -2.21. The maximum absolute atomic E-state index is 15.1. The number of hydrogen-bond acceptors (Lipinski definition) is 1. The molecule has 0 bridgehead atoms. The monoisotopic (exact) mass is 407 g/mol. The molecule has 30 heavy (non-hydrogen) atoms. The number of fused-ring (bicyclic) bond motifs is 1. The van der Waals surface area contributed by atoms with Crippen molar-refractivity contribution in [2.45, 2.75) is 83.0 Å². The summed E-state index contributed by atoms with van der Waals surface area (Å²) in [4.78, 5) is 0. The van der Waals surface area contributed by atoms with Crippen LogP contribution in [0.1, 0.15) is 97.9 Å². The zero-order valence-electron chi connectivity index (χ0n) is 17.9. The Morgan fingerprint density at radius 1 is 0.933 bits per heavy atom. The maximum atomic E-state index is 15.1. The fraction of sp³-hybridized carbons (Fsp3) is 0.519. The first-order valence-corrected chi connectivity index (χ1v) is 11.6. The van der Waals surface area contributed by atoms with Crippen LogP contribution in [0.15, 0.2) is 30.3 Å². The Kier molecular flexibility index (Phi) is 6.52. The molecular formula is C27H31F2N. The molecule has 1 unspecified atom stereocenters. The molecule has 0 spiro atoms. The van der Waals surface area contributed by atoms with Gasteiger partial charge in [-0.3, -0.25) is 0 Å². The van der Waals surface area contributed by atoms with Gasteiger partial charge >= 0.3 is 0 Å². The minimum atomic E-state index is -0.470. The number of nitrogens with zero attached hydrogens (tertiary/aromatic N) is 1. The molecule has 2 aliphatic carbocycles. The van der Waals surface area contributed by atoms with Crippen LogP contribution >= 0.6 is 0 Å². The summed E-state index contributed by atoms with van der Waals surface area (Å²) in [5.74, 6) is 0.834. The highest BCUT2D eigenvalue weighted by Gasteiger charge is 2.26. The highest BCUT2D eigenvalue weighted by Crippen LogP contribution is 2.40. The summed E-state index contributed by atoms with van der Waals surface area (Å²) in [7, 11) is 0. The Morgan fingerprint density at radius 2 is 1.73 bits per heavy atom. The molecule has 1 saturated carbocycles. The minimum Gasteiger partial charge on any atom is -0.207 e. The third-order valence-electron chi connectivity index (χ3n) is 7.39. The van der Waals surface area contributed by atoms with E-state index in [1.807, 2.05) is 12.1 Å². The molecule has 0 saturated heterocycles. The molecular weight excluding hydrogens is 376 g/mol. The molecule has 0 amide bonds. The Bertz CT molecular complexity index is 935. The van der Waals surface area contributed by atoms with Crippen LogP contribution in [0.3, 0.4) is 0 Å². The van der Waals surface area contributed by atoms with E-state index in [9.17, 15) is 4.39 Å². The molecule has 3 heteroatoms. The maximum Gasteiger partial charge on any atom is 0.141 e. The van der Waals surface area contributed by atoms with E-state index in [0.29, 0.717) is 12.3 Å². The van der Waals surface area contributed by atoms with Crippen molar-refractivity contribution in [3.63, 3.8) is 0 Å². The second kappa shape index (κ2) is 9.29. The Labute approximate surface area is 179 Å². The van der Waals surface area contributed by atoms with Crippen LogP contribution in [0, 0.1) is 28.9 Å². The lowest BCUT2D eigenvalue weighted by atomic mass is 9.76. The van der Waals surface area contributed by atoms with Gasteiger partial charge in [0.15, 0.2) is 0 Å². The summed E-state index contributed by atoms with van der Waals surface area (Å²) in [5, 5.41) is 9.03. The molecule has 1 nitrogen and oxygen atoms in total. The molecule has 2 aromatic carbocycles. The van der Waals surface area contributed by atoms with Gasteiger partial charge in [0.1, 0.15) is 17.7 Å². The van der Waals surface area contributed by atoms with Crippen LogP contribution in [-0.4, -0.2) is 0 Å². The average molecular weight is 408 g/mol. The lowest BCUT2D eigenvalue weighted by Gasteiger charge is -2.30. The summed E-state index contributed by atoms with van der Waals surface area (Å²) in [5.41, 5.74) is 3.95. The van der Waals surface area contributed by atoms with Gasteiger partial charge in [-0.25, -0.2) is 8.78 Å². The van der Waals surface area contributed by atoms with E-state index in [-0.39, 0.29) is 17.3 Å². The first kappa shape index (κ1) is 21.0. The summed E-state index contributed by atoms with van der Waals surface area (Å²) >= 11 is 0. The summed E-state index contributed by atoms with van der Waals surface area (Å²) in [6, 6.07) is 10.9. The molecule has 0 N–H and O–H groups in total. The van der Waals surface area contributed by atoms with Gasteiger partial charge < -0.3 is 0 Å². The van der Waals surface area contributed by atoms with E-state index in [4.69, 9.17) is 5.26 Å². The minimum absolute atomic E-state index is 0.0728. The molecule has 4 rings (SSSR count). The second-order valence-corrected chi connectivity index (χ2v) is 9.29. The zero-order chi connectivity index (χ0) is 21.1. The van der Waals surface area contributed by atoms with Gasteiger partial charge in [-0.1, -0.05) is 38.3 Å². The van der Waals surface area contributed by atoms with Crippen molar-refractivity contribution in [2.24, 2.45) is 5.92 Å². The molecule has 1 atom stereocenters. The van der Waals surface area contributed by atoms with E-state index in [2.05, 4.69) is 13.0 Å². The molecule has 0 radical (unpaired) electrons. The Morgan fingerprint density at radius 3 is 2.43 bits per heavy atom. The predicted molar refractivity (Wildman–Crippen MR) is 117 cm³/mol. The third-order valence-corrected chi connectivity index (χ3v) is 7.39. The van der Waals surface area contributed by atoms with Crippen LogP contribution in [-0.2, 0) is 12.8 Å². The average Bonchev–Trinajstić information content (AvgIpc) is 2.77. The van der Waals surface area contributed by atoms with Crippen LogP contribution in [0.25, 0.3) is 0 Å². The van der Waals surface area contributed by atoms with Crippen LogP contribution in [0.2, 0.25) is 0 Å². The van der Waals surface area contributed by atoms with Gasteiger partial charge in [0.05, 0.1) is 5.56 Å². The van der Waals surface area contributed by atoms with Crippen LogP contribution < -0.4 is 0 Å². The van der Waals surface area contributed by atoms with E-state index in [1.54, 1.807) is 12.1 Å². The van der Waals surface area contributed by atoms with E-state index < -0.39 is 5.82 Å². The number of halogens is 2.